The van der Waals surface area contributed by atoms with E-state index in [2.05, 4.69) is 114 Å². The molecule has 0 aromatic heterocycles. The molecule has 0 spiro atoms. The Labute approximate surface area is 269 Å². The van der Waals surface area contributed by atoms with Gasteiger partial charge in [-0.3, -0.25) is 0 Å². The quantitative estimate of drug-likeness (QED) is 0.179. The van der Waals surface area contributed by atoms with E-state index in [0.29, 0.717) is 0 Å². The van der Waals surface area contributed by atoms with Crippen LogP contribution in [-0.4, -0.2) is 3.21 Å². The van der Waals surface area contributed by atoms with Crippen LogP contribution in [0.5, 0.6) is 0 Å². The molecule has 0 heterocycles. The predicted octanol–water partition coefficient (Wildman–Crippen LogP) is 10.5. The van der Waals surface area contributed by atoms with Gasteiger partial charge in [-0.25, -0.2) is 0 Å². The molecule has 212 valence electrons. The second-order valence-corrected chi connectivity index (χ2v) is 20.4. The molecule has 0 N–H and O–H groups in total. The fourth-order valence-electron chi connectivity index (χ4n) is 6.42. The molecule has 0 unspecified atom stereocenters. The first-order valence-corrected chi connectivity index (χ1v) is 19.3. The van der Waals surface area contributed by atoms with Crippen LogP contribution in [0.2, 0.25) is 10.0 Å². The number of allylic oxidation sites excluding steroid dienone is 4. The zero-order chi connectivity index (χ0) is 29.8. The summed E-state index contributed by atoms with van der Waals surface area (Å²) in [6, 6.07) is 29.1. The number of rotatable bonds is 4. The molecular weight excluding hydrogens is 631 g/mol. The number of hydrogen-bond acceptors (Lipinski definition) is 0. The fourth-order valence-corrected chi connectivity index (χ4v) is 15.6. The second kappa shape index (κ2) is 11.3. The molecule has 0 atom stereocenters. The van der Waals surface area contributed by atoms with E-state index in [-0.39, 0.29) is 10.8 Å². The van der Waals surface area contributed by atoms with Gasteiger partial charge < -0.3 is 0 Å². The summed E-state index contributed by atoms with van der Waals surface area (Å²) < 4.78 is 4.75. The summed E-state index contributed by atoms with van der Waals surface area (Å²) in [5.41, 5.74) is 11.4. The Kier molecular flexibility index (Phi) is 8.02. The van der Waals surface area contributed by atoms with Crippen LogP contribution in [0.3, 0.4) is 0 Å². The monoisotopic (exact) mass is 666 g/mol. The molecular formula is C39H38Cl2Zr. The van der Waals surface area contributed by atoms with Crippen molar-refractivity contribution in [2.75, 3.05) is 0 Å². The van der Waals surface area contributed by atoms with Gasteiger partial charge in [-0.05, 0) is 0 Å². The molecule has 4 aromatic carbocycles. The van der Waals surface area contributed by atoms with Crippen molar-refractivity contribution < 1.29 is 21.3 Å². The van der Waals surface area contributed by atoms with Gasteiger partial charge in [-0.15, -0.1) is 0 Å². The number of hydrogen-bond donors (Lipinski definition) is 0. The predicted molar refractivity (Wildman–Crippen MR) is 180 cm³/mol. The van der Waals surface area contributed by atoms with E-state index in [1.165, 1.54) is 42.2 Å². The average molecular weight is 669 g/mol. The summed E-state index contributed by atoms with van der Waals surface area (Å²) in [6.45, 7) is 14.1. The molecule has 2 aliphatic rings. The van der Waals surface area contributed by atoms with Crippen LogP contribution in [0.25, 0.3) is 11.1 Å². The minimum absolute atomic E-state index is 0.0131. The summed E-state index contributed by atoms with van der Waals surface area (Å²) in [7, 11) is 0. The molecule has 4 aromatic rings. The van der Waals surface area contributed by atoms with E-state index in [4.69, 9.17) is 23.2 Å². The third-order valence-electron chi connectivity index (χ3n) is 8.61. The van der Waals surface area contributed by atoms with Crippen molar-refractivity contribution in [1.82, 2.24) is 0 Å². The van der Waals surface area contributed by atoms with E-state index in [9.17, 15) is 0 Å². The van der Waals surface area contributed by atoms with Crippen LogP contribution in [0.15, 0.2) is 100 Å². The Morgan fingerprint density at radius 1 is 0.690 bits per heavy atom. The summed E-state index contributed by atoms with van der Waals surface area (Å²) >= 11 is 10.0. The molecule has 2 aliphatic carbocycles. The van der Waals surface area contributed by atoms with Crippen LogP contribution in [-0.2, 0) is 38.5 Å². The average Bonchev–Trinajstić information content (AvgIpc) is 3.59. The molecule has 0 amide bonds. The van der Waals surface area contributed by atoms with E-state index >= 15 is 0 Å². The normalized spacial score (nSPS) is 14.0. The molecule has 0 radical (unpaired) electrons. The van der Waals surface area contributed by atoms with E-state index in [0.717, 1.165) is 22.9 Å². The van der Waals surface area contributed by atoms with Gasteiger partial charge in [0.25, 0.3) is 0 Å². The molecule has 0 saturated heterocycles. The van der Waals surface area contributed by atoms with Gasteiger partial charge in [0.1, 0.15) is 0 Å². The molecule has 0 saturated carbocycles. The van der Waals surface area contributed by atoms with Gasteiger partial charge in [0.15, 0.2) is 0 Å². The van der Waals surface area contributed by atoms with E-state index in [1.54, 1.807) is 12.1 Å². The fraction of sp³-hybridized carbons (Fsp3) is 0.256. The van der Waals surface area contributed by atoms with Gasteiger partial charge in [-0.1, -0.05) is 0 Å². The summed E-state index contributed by atoms with van der Waals surface area (Å²) in [4.78, 5) is 0. The maximum atomic E-state index is 6.43. The van der Waals surface area contributed by atoms with E-state index in [1.807, 2.05) is 24.3 Å². The first-order chi connectivity index (χ1) is 19.9. The number of halogens is 2. The maximum absolute atomic E-state index is 6.43. The Balaban J connectivity index is 1.72. The topological polar surface area (TPSA) is 0 Å². The molecule has 0 aliphatic heterocycles. The number of fused-ring (bicyclic) bond motifs is 3. The molecule has 0 fully saturated rings. The van der Waals surface area contributed by atoms with Crippen molar-refractivity contribution in [1.29, 1.82) is 0 Å². The van der Waals surface area contributed by atoms with Gasteiger partial charge in [0.05, 0.1) is 0 Å². The van der Waals surface area contributed by atoms with Gasteiger partial charge >= 0.3 is 271 Å². The summed E-state index contributed by atoms with van der Waals surface area (Å²) in [5.74, 6) is 0. The van der Waals surface area contributed by atoms with Crippen LogP contribution in [0.4, 0.5) is 0 Å². The summed E-state index contributed by atoms with van der Waals surface area (Å²) in [6.07, 6.45) is 9.04. The van der Waals surface area contributed by atoms with Crippen molar-refractivity contribution in [2.24, 2.45) is 0 Å². The SMILES string of the molecule is CC(C)(C)c1ccc2c(c1)Cc1c-2ccc(C(C)(C)C)[c]1[Zr]([C]1=CC=CC1)=[C](c1ccc(Cl)cc1)c1ccc(Cl)cc1. The van der Waals surface area contributed by atoms with E-state index < -0.39 is 21.3 Å². The molecule has 0 nitrogen and oxygen atoms in total. The Hall–Kier alpha value is -2.31. The first kappa shape index (κ1) is 29.8. The third kappa shape index (κ3) is 5.66. The van der Waals surface area contributed by atoms with Crippen LogP contribution < -0.4 is 3.27 Å². The standard InChI is InChI=1S/C21H25.C13H8Cl2.C5H5.Zr/c1-20(2,3)16-7-9-18-14(12-16)11-15-13-17(21(4,5)6)8-10-19(15)18;14-12-5-1-10(2-6-12)9-11-3-7-13(15)8-4-11;1-2-4-5-3-1;/h7-10,12H,11H2,1-6H3;1-8H;1-3H,4H2;. The van der Waals surface area contributed by atoms with Crippen molar-refractivity contribution in [3.05, 3.63) is 144 Å². The van der Waals surface area contributed by atoms with Crippen LogP contribution in [0, 0.1) is 0 Å². The van der Waals surface area contributed by atoms with Crippen LogP contribution in [0.1, 0.15) is 81.3 Å². The zero-order valence-corrected chi connectivity index (χ0v) is 29.4. The van der Waals surface area contributed by atoms with Crippen molar-refractivity contribution in [3.8, 4) is 11.1 Å². The Morgan fingerprint density at radius 3 is 1.81 bits per heavy atom. The van der Waals surface area contributed by atoms with Crippen molar-refractivity contribution in [2.45, 2.75) is 65.2 Å². The Bertz CT molecular complexity index is 1720. The zero-order valence-electron chi connectivity index (χ0n) is 25.4. The van der Waals surface area contributed by atoms with Crippen LogP contribution >= 0.6 is 23.2 Å². The minimum atomic E-state index is -2.83. The third-order valence-corrected chi connectivity index (χ3v) is 16.9. The molecule has 3 heteroatoms. The van der Waals surface area contributed by atoms with Gasteiger partial charge in [-0.2, -0.15) is 0 Å². The van der Waals surface area contributed by atoms with Crippen molar-refractivity contribution >= 4 is 29.7 Å². The molecule has 6 rings (SSSR count). The summed E-state index contributed by atoms with van der Waals surface area (Å²) in [5, 5.41) is 1.53. The molecule has 42 heavy (non-hydrogen) atoms. The second-order valence-electron chi connectivity index (χ2n) is 13.7. The first-order valence-electron chi connectivity index (χ1n) is 14.8. The van der Waals surface area contributed by atoms with Gasteiger partial charge in [0.2, 0.25) is 0 Å². The molecule has 0 bridgehead atoms. The van der Waals surface area contributed by atoms with Gasteiger partial charge in [0, 0.05) is 0 Å². The van der Waals surface area contributed by atoms with Crippen molar-refractivity contribution in [3.63, 3.8) is 0 Å². The number of benzene rings is 4. The Morgan fingerprint density at radius 2 is 1.29 bits per heavy atom.